The minimum atomic E-state index is 0.205. The van der Waals surface area contributed by atoms with Gasteiger partial charge in [-0.05, 0) is 61.8 Å². The van der Waals surface area contributed by atoms with Crippen LogP contribution < -0.4 is 5.73 Å². The fourth-order valence-corrected chi connectivity index (χ4v) is 2.78. The number of carbonyl (C=O) groups is 1. The number of nitrogen functional groups attached to an aromatic ring is 1. The van der Waals surface area contributed by atoms with Gasteiger partial charge in [0.05, 0.1) is 0 Å². The Kier molecular flexibility index (Phi) is 2.98. The van der Waals surface area contributed by atoms with E-state index < -0.39 is 0 Å². The van der Waals surface area contributed by atoms with Gasteiger partial charge < -0.3 is 10.6 Å². The van der Waals surface area contributed by atoms with E-state index >= 15 is 0 Å². The second-order valence-electron chi connectivity index (χ2n) is 5.47. The van der Waals surface area contributed by atoms with Gasteiger partial charge in [0.1, 0.15) is 0 Å². The number of hydrogen-bond donors (Lipinski definition) is 1. The first-order valence-corrected chi connectivity index (χ1v) is 6.94. The van der Waals surface area contributed by atoms with E-state index in [0.29, 0.717) is 5.92 Å². The summed E-state index contributed by atoms with van der Waals surface area (Å²) in [7, 11) is 0. The van der Waals surface area contributed by atoms with Gasteiger partial charge in [0.15, 0.2) is 0 Å². The molecule has 0 spiro atoms. The summed E-state index contributed by atoms with van der Waals surface area (Å²) < 4.78 is 0. The maximum Gasteiger partial charge on any atom is 0.254 e. The van der Waals surface area contributed by atoms with Gasteiger partial charge in [-0.15, -0.1) is 0 Å². The number of amides is 1. The van der Waals surface area contributed by atoms with Crippen molar-refractivity contribution < 1.29 is 4.79 Å². The van der Waals surface area contributed by atoms with Crippen molar-refractivity contribution in [3.05, 3.63) is 29.3 Å². The van der Waals surface area contributed by atoms with Gasteiger partial charge in [-0.1, -0.05) is 0 Å². The standard InChI is InChI=1S/C15H20N2O/c16-12-6-7-13(14(10-12)11-4-5-11)15(18)17-8-2-1-3-9-17/h6-7,10-11H,1-5,8-9,16H2. The van der Waals surface area contributed by atoms with Crippen LogP contribution in [0.4, 0.5) is 5.69 Å². The second-order valence-corrected chi connectivity index (χ2v) is 5.47. The number of nitrogens with zero attached hydrogens (tertiary/aromatic N) is 1. The minimum absolute atomic E-state index is 0.205. The normalized spacial score (nSPS) is 19.9. The van der Waals surface area contributed by atoms with Crippen molar-refractivity contribution in [2.24, 2.45) is 0 Å². The predicted octanol–water partition coefficient (Wildman–Crippen LogP) is 2.77. The van der Waals surface area contributed by atoms with Crippen molar-refractivity contribution in [2.75, 3.05) is 18.8 Å². The zero-order chi connectivity index (χ0) is 12.5. The molecule has 96 valence electrons. The highest BCUT2D eigenvalue weighted by molar-refractivity contribution is 5.96. The van der Waals surface area contributed by atoms with Gasteiger partial charge in [-0.2, -0.15) is 0 Å². The summed E-state index contributed by atoms with van der Waals surface area (Å²) in [6.07, 6.45) is 5.92. The fourth-order valence-electron chi connectivity index (χ4n) is 2.78. The Balaban J connectivity index is 1.88. The van der Waals surface area contributed by atoms with E-state index in [1.807, 2.05) is 23.1 Å². The molecule has 0 aromatic heterocycles. The van der Waals surface area contributed by atoms with E-state index in [1.54, 1.807) is 0 Å². The van der Waals surface area contributed by atoms with Crippen LogP contribution in [0.5, 0.6) is 0 Å². The second kappa shape index (κ2) is 4.63. The van der Waals surface area contributed by atoms with Crippen molar-refractivity contribution in [2.45, 2.75) is 38.0 Å². The Morgan fingerprint density at radius 3 is 2.56 bits per heavy atom. The number of likely N-dealkylation sites (tertiary alicyclic amines) is 1. The summed E-state index contributed by atoms with van der Waals surface area (Å²) in [5, 5.41) is 0. The molecule has 3 rings (SSSR count). The molecule has 1 amide bonds. The SMILES string of the molecule is Nc1ccc(C(=O)N2CCCCC2)c(C2CC2)c1. The van der Waals surface area contributed by atoms with Crippen LogP contribution in [0, 0.1) is 0 Å². The summed E-state index contributed by atoms with van der Waals surface area (Å²) in [5.74, 6) is 0.772. The zero-order valence-electron chi connectivity index (χ0n) is 10.7. The average molecular weight is 244 g/mol. The molecule has 1 heterocycles. The number of rotatable bonds is 2. The Morgan fingerprint density at radius 2 is 1.89 bits per heavy atom. The van der Waals surface area contributed by atoms with Gasteiger partial charge in [0, 0.05) is 24.3 Å². The third-order valence-corrected chi connectivity index (χ3v) is 3.97. The van der Waals surface area contributed by atoms with Crippen LogP contribution in [0.2, 0.25) is 0 Å². The predicted molar refractivity (Wildman–Crippen MR) is 72.6 cm³/mol. The van der Waals surface area contributed by atoms with E-state index in [0.717, 1.165) is 37.2 Å². The maximum absolute atomic E-state index is 12.5. The largest absolute Gasteiger partial charge is 0.399 e. The van der Waals surface area contributed by atoms with Gasteiger partial charge in [-0.3, -0.25) is 4.79 Å². The van der Waals surface area contributed by atoms with Crippen molar-refractivity contribution in [1.82, 2.24) is 4.90 Å². The van der Waals surface area contributed by atoms with Gasteiger partial charge in [0.25, 0.3) is 5.91 Å². The van der Waals surface area contributed by atoms with Crippen LogP contribution in [-0.4, -0.2) is 23.9 Å². The lowest BCUT2D eigenvalue weighted by atomic mass is 10.00. The molecule has 1 saturated heterocycles. The van der Waals surface area contributed by atoms with Gasteiger partial charge in [0.2, 0.25) is 0 Å². The quantitative estimate of drug-likeness (QED) is 0.813. The van der Waals surface area contributed by atoms with Crippen molar-refractivity contribution >= 4 is 11.6 Å². The molecule has 1 saturated carbocycles. The molecule has 18 heavy (non-hydrogen) atoms. The minimum Gasteiger partial charge on any atom is -0.399 e. The van der Waals surface area contributed by atoms with Crippen molar-refractivity contribution in [1.29, 1.82) is 0 Å². The van der Waals surface area contributed by atoms with E-state index in [4.69, 9.17) is 5.73 Å². The lowest BCUT2D eigenvalue weighted by Gasteiger charge is -2.27. The molecular formula is C15H20N2O. The van der Waals surface area contributed by atoms with Crippen molar-refractivity contribution in [3.8, 4) is 0 Å². The topological polar surface area (TPSA) is 46.3 Å². The number of anilines is 1. The van der Waals surface area contributed by atoms with E-state index in [-0.39, 0.29) is 5.91 Å². The lowest BCUT2D eigenvalue weighted by Crippen LogP contribution is -2.36. The Labute approximate surface area is 108 Å². The Morgan fingerprint density at radius 1 is 1.17 bits per heavy atom. The molecule has 1 aliphatic heterocycles. The zero-order valence-corrected chi connectivity index (χ0v) is 10.7. The number of hydrogen-bond acceptors (Lipinski definition) is 2. The first-order valence-electron chi connectivity index (χ1n) is 6.94. The molecule has 3 heteroatoms. The number of benzene rings is 1. The summed E-state index contributed by atoms with van der Waals surface area (Å²) in [5.41, 5.74) is 8.67. The molecule has 0 bridgehead atoms. The van der Waals surface area contributed by atoms with Crippen LogP contribution in [0.3, 0.4) is 0 Å². The molecule has 2 fully saturated rings. The Bertz CT molecular complexity index is 460. The molecule has 3 nitrogen and oxygen atoms in total. The van der Waals surface area contributed by atoms with Crippen LogP contribution in [-0.2, 0) is 0 Å². The highest BCUT2D eigenvalue weighted by atomic mass is 16.2. The molecule has 1 aliphatic carbocycles. The molecule has 2 aliphatic rings. The highest BCUT2D eigenvalue weighted by Crippen LogP contribution is 2.42. The van der Waals surface area contributed by atoms with Crippen LogP contribution in [0.15, 0.2) is 18.2 Å². The smallest absolute Gasteiger partial charge is 0.254 e. The third-order valence-electron chi connectivity index (χ3n) is 3.97. The molecular weight excluding hydrogens is 224 g/mol. The lowest BCUT2D eigenvalue weighted by molar-refractivity contribution is 0.0723. The summed E-state index contributed by atoms with van der Waals surface area (Å²) >= 11 is 0. The van der Waals surface area contributed by atoms with E-state index in [1.165, 1.54) is 24.8 Å². The first-order chi connectivity index (χ1) is 8.75. The summed E-state index contributed by atoms with van der Waals surface area (Å²) in [6, 6.07) is 5.76. The molecule has 0 unspecified atom stereocenters. The number of carbonyl (C=O) groups excluding carboxylic acids is 1. The van der Waals surface area contributed by atoms with E-state index in [9.17, 15) is 4.79 Å². The number of nitrogens with two attached hydrogens (primary N) is 1. The molecule has 0 atom stereocenters. The Hall–Kier alpha value is -1.51. The fraction of sp³-hybridized carbons (Fsp3) is 0.533. The van der Waals surface area contributed by atoms with Gasteiger partial charge in [-0.25, -0.2) is 0 Å². The van der Waals surface area contributed by atoms with Crippen LogP contribution >= 0.6 is 0 Å². The average Bonchev–Trinajstić information content (AvgIpc) is 3.23. The summed E-state index contributed by atoms with van der Waals surface area (Å²) in [4.78, 5) is 14.6. The molecule has 1 aromatic rings. The van der Waals surface area contributed by atoms with Crippen LogP contribution in [0.1, 0.15) is 53.9 Å². The molecule has 1 aromatic carbocycles. The van der Waals surface area contributed by atoms with Gasteiger partial charge >= 0.3 is 0 Å². The van der Waals surface area contributed by atoms with Crippen LogP contribution in [0.25, 0.3) is 0 Å². The van der Waals surface area contributed by atoms with Crippen molar-refractivity contribution in [3.63, 3.8) is 0 Å². The maximum atomic E-state index is 12.5. The third kappa shape index (κ3) is 2.22. The monoisotopic (exact) mass is 244 g/mol. The number of piperidine rings is 1. The summed E-state index contributed by atoms with van der Waals surface area (Å²) in [6.45, 7) is 1.82. The van der Waals surface area contributed by atoms with E-state index in [2.05, 4.69) is 0 Å². The molecule has 2 N–H and O–H groups in total. The molecule has 0 radical (unpaired) electrons. The first kappa shape index (κ1) is 11.6. The highest BCUT2D eigenvalue weighted by Gasteiger charge is 2.30.